The number of hydrogen-bond acceptors (Lipinski definition) is 2. The first-order valence-electron chi connectivity index (χ1n) is 10.7. The molecule has 0 atom stereocenters. The molecule has 0 unspecified atom stereocenters. The largest absolute Gasteiger partial charge is 0.328 e. The Hall–Kier alpha value is -2.13. The number of imidazole rings is 1. The Labute approximate surface area is 180 Å². The van der Waals surface area contributed by atoms with Crippen LogP contribution < -0.4 is 0 Å². The van der Waals surface area contributed by atoms with Crippen LogP contribution in [0, 0.1) is 11.8 Å². The van der Waals surface area contributed by atoms with E-state index in [0.29, 0.717) is 17.8 Å². The molecule has 0 amide bonds. The minimum Gasteiger partial charge on any atom is -0.328 e. The Bertz CT molecular complexity index is 901. The van der Waals surface area contributed by atoms with Gasteiger partial charge in [-0.25, -0.2) is 4.98 Å². The summed E-state index contributed by atoms with van der Waals surface area (Å²) in [5, 5.41) is 0.750. The van der Waals surface area contributed by atoms with Crippen molar-refractivity contribution in [2.75, 3.05) is 0 Å². The highest BCUT2D eigenvalue weighted by Gasteiger charge is 2.26. The van der Waals surface area contributed by atoms with Gasteiger partial charge >= 0.3 is 0 Å². The Morgan fingerprint density at radius 1 is 0.862 bits per heavy atom. The summed E-state index contributed by atoms with van der Waals surface area (Å²) in [5.41, 5.74) is 4.45. The van der Waals surface area contributed by atoms with Crippen molar-refractivity contribution in [2.24, 2.45) is 11.8 Å². The van der Waals surface area contributed by atoms with Gasteiger partial charge in [0.15, 0.2) is 0 Å². The maximum absolute atomic E-state index is 6.17. The standard InChI is InChI=1S/C25H32ClN3/c1-6-29-24(20-7-9-22(26)10-8-20)23(19-11-13-27-14-12-19)28-25(29)21(15-17(2)3)16-18(4)5/h7-14,17-18,21H,6,15-16H2,1-5H3. The van der Waals surface area contributed by atoms with Gasteiger partial charge in [0.25, 0.3) is 0 Å². The smallest absolute Gasteiger partial charge is 0.113 e. The second kappa shape index (κ2) is 9.58. The van der Waals surface area contributed by atoms with Gasteiger partial charge in [0, 0.05) is 41.0 Å². The van der Waals surface area contributed by atoms with Crippen molar-refractivity contribution in [3.63, 3.8) is 0 Å². The van der Waals surface area contributed by atoms with Crippen molar-refractivity contribution in [2.45, 2.75) is 59.9 Å². The normalized spacial score (nSPS) is 11.8. The lowest BCUT2D eigenvalue weighted by Crippen LogP contribution is -2.13. The molecule has 0 spiro atoms. The molecule has 0 aliphatic carbocycles. The van der Waals surface area contributed by atoms with Crippen LogP contribution in [-0.2, 0) is 6.54 Å². The van der Waals surface area contributed by atoms with Crippen LogP contribution in [0.2, 0.25) is 5.02 Å². The Balaban J connectivity index is 2.23. The fourth-order valence-electron chi connectivity index (χ4n) is 4.16. The summed E-state index contributed by atoms with van der Waals surface area (Å²) < 4.78 is 2.41. The monoisotopic (exact) mass is 409 g/mol. The Morgan fingerprint density at radius 3 is 1.97 bits per heavy atom. The average molecular weight is 410 g/mol. The zero-order valence-electron chi connectivity index (χ0n) is 18.2. The quantitative estimate of drug-likeness (QED) is 0.386. The molecule has 3 nitrogen and oxygen atoms in total. The molecule has 0 bridgehead atoms. The van der Waals surface area contributed by atoms with Crippen molar-refractivity contribution in [1.82, 2.24) is 14.5 Å². The van der Waals surface area contributed by atoms with Crippen LogP contribution in [0.25, 0.3) is 22.5 Å². The molecule has 0 fully saturated rings. The zero-order chi connectivity index (χ0) is 21.0. The minimum absolute atomic E-state index is 0.441. The summed E-state index contributed by atoms with van der Waals surface area (Å²) in [6, 6.07) is 12.2. The van der Waals surface area contributed by atoms with E-state index in [1.807, 2.05) is 36.7 Å². The van der Waals surface area contributed by atoms with E-state index < -0.39 is 0 Å². The van der Waals surface area contributed by atoms with E-state index in [9.17, 15) is 0 Å². The maximum atomic E-state index is 6.17. The van der Waals surface area contributed by atoms with Gasteiger partial charge in [-0.05, 0) is 55.9 Å². The number of halogens is 1. The van der Waals surface area contributed by atoms with E-state index in [4.69, 9.17) is 16.6 Å². The first kappa shape index (κ1) is 21.6. The number of rotatable bonds is 8. The lowest BCUT2D eigenvalue weighted by Gasteiger charge is -2.22. The van der Waals surface area contributed by atoms with Crippen molar-refractivity contribution in [3.05, 3.63) is 59.6 Å². The molecule has 29 heavy (non-hydrogen) atoms. The van der Waals surface area contributed by atoms with Crippen molar-refractivity contribution in [3.8, 4) is 22.5 Å². The number of pyridine rings is 1. The third-order valence-electron chi connectivity index (χ3n) is 5.26. The molecule has 0 aliphatic heterocycles. The van der Waals surface area contributed by atoms with Gasteiger partial charge in [0.1, 0.15) is 5.82 Å². The van der Waals surface area contributed by atoms with E-state index >= 15 is 0 Å². The molecule has 154 valence electrons. The van der Waals surface area contributed by atoms with E-state index in [2.05, 4.69) is 56.3 Å². The molecule has 4 heteroatoms. The summed E-state index contributed by atoms with van der Waals surface area (Å²) in [5.74, 6) is 2.90. The van der Waals surface area contributed by atoms with Gasteiger partial charge in [-0.3, -0.25) is 4.98 Å². The van der Waals surface area contributed by atoms with E-state index in [-0.39, 0.29) is 0 Å². The predicted molar refractivity (Wildman–Crippen MR) is 123 cm³/mol. The maximum Gasteiger partial charge on any atom is 0.113 e. The molecule has 2 aromatic heterocycles. The fourth-order valence-corrected chi connectivity index (χ4v) is 4.28. The molecule has 0 N–H and O–H groups in total. The van der Waals surface area contributed by atoms with Crippen LogP contribution in [0.3, 0.4) is 0 Å². The molecule has 3 aromatic rings. The summed E-state index contributed by atoms with van der Waals surface area (Å²) >= 11 is 6.17. The van der Waals surface area contributed by atoms with Gasteiger partial charge < -0.3 is 4.57 Å². The highest BCUT2D eigenvalue weighted by atomic mass is 35.5. The number of hydrogen-bond donors (Lipinski definition) is 0. The topological polar surface area (TPSA) is 30.7 Å². The van der Waals surface area contributed by atoms with Crippen LogP contribution in [0.1, 0.15) is 59.2 Å². The van der Waals surface area contributed by atoms with Gasteiger partial charge in [-0.2, -0.15) is 0 Å². The third kappa shape index (κ3) is 5.08. The van der Waals surface area contributed by atoms with E-state index in [1.54, 1.807) is 0 Å². The highest BCUT2D eigenvalue weighted by molar-refractivity contribution is 6.30. The summed E-state index contributed by atoms with van der Waals surface area (Å²) in [6.45, 7) is 12.3. The van der Waals surface area contributed by atoms with Crippen LogP contribution in [-0.4, -0.2) is 14.5 Å². The van der Waals surface area contributed by atoms with Crippen LogP contribution in [0.15, 0.2) is 48.8 Å². The zero-order valence-corrected chi connectivity index (χ0v) is 18.9. The van der Waals surface area contributed by atoms with Crippen LogP contribution in [0.5, 0.6) is 0 Å². The van der Waals surface area contributed by atoms with E-state index in [1.165, 1.54) is 11.5 Å². The summed E-state index contributed by atoms with van der Waals surface area (Å²) in [7, 11) is 0. The number of aromatic nitrogens is 3. The van der Waals surface area contributed by atoms with Crippen molar-refractivity contribution in [1.29, 1.82) is 0 Å². The first-order chi connectivity index (χ1) is 13.9. The van der Waals surface area contributed by atoms with Crippen molar-refractivity contribution >= 4 is 11.6 Å². The molecule has 3 rings (SSSR count). The predicted octanol–water partition coefficient (Wildman–Crippen LogP) is 7.46. The molecule has 0 saturated carbocycles. The molecular formula is C25H32ClN3. The lowest BCUT2D eigenvalue weighted by atomic mass is 9.88. The highest BCUT2D eigenvalue weighted by Crippen LogP contribution is 2.38. The second-order valence-electron chi connectivity index (χ2n) is 8.61. The van der Waals surface area contributed by atoms with Gasteiger partial charge in [-0.15, -0.1) is 0 Å². The molecule has 0 radical (unpaired) electrons. The van der Waals surface area contributed by atoms with Crippen LogP contribution in [0.4, 0.5) is 0 Å². The first-order valence-corrected chi connectivity index (χ1v) is 11.0. The second-order valence-corrected chi connectivity index (χ2v) is 9.05. The summed E-state index contributed by atoms with van der Waals surface area (Å²) in [6.07, 6.45) is 5.97. The third-order valence-corrected chi connectivity index (χ3v) is 5.51. The Kier molecular flexibility index (Phi) is 7.13. The molecule has 0 saturated heterocycles. The average Bonchev–Trinajstić information content (AvgIpc) is 3.07. The summed E-state index contributed by atoms with van der Waals surface area (Å²) in [4.78, 5) is 9.45. The fraction of sp³-hybridized carbons (Fsp3) is 0.440. The molecule has 1 aromatic carbocycles. The van der Waals surface area contributed by atoms with Gasteiger partial charge in [0.05, 0.1) is 11.4 Å². The lowest BCUT2D eigenvalue weighted by molar-refractivity contribution is 0.400. The molecule has 0 aliphatic rings. The van der Waals surface area contributed by atoms with E-state index in [0.717, 1.165) is 41.2 Å². The van der Waals surface area contributed by atoms with Crippen molar-refractivity contribution < 1.29 is 0 Å². The van der Waals surface area contributed by atoms with Gasteiger partial charge in [-0.1, -0.05) is 51.4 Å². The number of benzene rings is 1. The SMILES string of the molecule is CCn1c(C(CC(C)C)CC(C)C)nc(-c2ccncc2)c1-c1ccc(Cl)cc1. The van der Waals surface area contributed by atoms with Crippen LogP contribution >= 0.6 is 11.6 Å². The molecular weight excluding hydrogens is 378 g/mol. The number of nitrogens with zero attached hydrogens (tertiary/aromatic N) is 3. The Morgan fingerprint density at radius 2 is 1.45 bits per heavy atom. The van der Waals surface area contributed by atoms with Gasteiger partial charge in [0.2, 0.25) is 0 Å². The minimum atomic E-state index is 0.441. The molecule has 2 heterocycles.